The van der Waals surface area contributed by atoms with E-state index in [1.165, 1.54) is 6.92 Å². The van der Waals surface area contributed by atoms with Crippen molar-refractivity contribution in [3.05, 3.63) is 86.0 Å². The van der Waals surface area contributed by atoms with Crippen LogP contribution in [0.1, 0.15) is 67.4 Å². The second-order valence-electron chi connectivity index (χ2n) is 13.7. The molecule has 3 heterocycles. The van der Waals surface area contributed by atoms with Crippen molar-refractivity contribution < 1.29 is 61.7 Å². The average molecular weight is 811 g/mol. The first-order valence-corrected chi connectivity index (χ1v) is 17.7. The number of carbonyl (C=O) groups excluding carboxylic acids is 3. The zero-order valence-corrected chi connectivity index (χ0v) is 31.8. The van der Waals surface area contributed by atoms with Crippen LogP contribution in [0.3, 0.4) is 0 Å². The molecule has 3 amide bonds. The van der Waals surface area contributed by atoms with Crippen molar-refractivity contribution in [3.8, 4) is 5.75 Å². The second kappa shape index (κ2) is 17.7. The van der Waals surface area contributed by atoms with Gasteiger partial charge in [-0.25, -0.2) is 9.59 Å². The number of hydrogen-bond donors (Lipinski definition) is 3. The predicted octanol–water partition coefficient (Wildman–Crippen LogP) is 6.04. The van der Waals surface area contributed by atoms with E-state index in [9.17, 15) is 47.6 Å². The van der Waals surface area contributed by atoms with Gasteiger partial charge in [0.15, 0.2) is 0 Å². The number of allylic oxidation sites excluding steroid dienone is 3. The summed E-state index contributed by atoms with van der Waals surface area (Å²) in [6, 6.07) is 4.27. The molecule has 2 fully saturated rings. The number of aliphatic carboxylic acids is 1. The molecule has 0 radical (unpaired) electrons. The number of nitro groups is 1. The summed E-state index contributed by atoms with van der Waals surface area (Å²) < 4.78 is 55.0. The van der Waals surface area contributed by atoms with Crippen molar-refractivity contribution in [2.75, 3.05) is 26.1 Å². The largest absolute Gasteiger partial charge is 0.495 e. The number of alkyl carbamates (subject to hydrolysis) is 1. The summed E-state index contributed by atoms with van der Waals surface area (Å²) in [6.45, 7) is 3.17. The summed E-state index contributed by atoms with van der Waals surface area (Å²) in [5.41, 5.74) is -1.99. The normalized spacial score (nSPS) is 24.7. The first-order chi connectivity index (χ1) is 26.1. The maximum absolute atomic E-state index is 12.9. The molecule has 56 heavy (non-hydrogen) atoms. The number of carboxylic acids is 1. The zero-order valence-electron chi connectivity index (χ0n) is 31.1. The van der Waals surface area contributed by atoms with E-state index >= 15 is 0 Å². The summed E-state index contributed by atoms with van der Waals surface area (Å²) in [5.74, 6) is -1.89. The van der Waals surface area contributed by atoms with Gasteiger partial charge < -0.3 is 34.2 Å². The van der Waals surface area contributed by atoms with Crippen LogP contribution in [0.4, 0.5) is 29.3 Å². The third-order valence-corrected chi connectivity index (χ3v) is 9.87. The quantitative estimate of drug-likeness (QED) is 0.181. The lowest BCUT2D eigenvalue weighted by molar-refractivity contribution is -0.388. The van der Waals surface area contributed by atoms with Crippen LogP contribution < -0.4 is 15.0 Å². The molecule has 3 unspecified atom stereocenters. The first-order valence-electron chi connectivity index (χ1n) is 17.3. The van der Waals surface area contributed by atoms with E-state index in [-0.39, 0.29) is 31.0 Å². The Hall–Kier alpha value is -5.20. The van der Waals surface area contributed by atoms with Crippen LogP contribution >= 0.6 is 11.6 Å². The van der Waals surface area contributed by atoms with E-state index in [2.05, 4.69) is 5.32 Å². The first kappa shape index (κ1) is 43.5. The predicted molar refractivity (Wildman–Crippen MR) is 195 cm³/mol. The molecule has 0 spiro atoms. The fourth-order valence-corrected chi connectivity index (χ4v) is 6.50. The molecule has 3 aliphatic rings. The highest BCUT2D eigenvalue weighted by atomic mass is 35.5. The molecule has 2 aromatic carbocycles. The van der Waals surface area contributed by atoms with Gasteiger partial charge in [-0.1, -0.05) is 35.4 Å². The molecule has 304 valence electrons. The number of hydrogen-bond acceptors (Lipinski definition) is 10. The van der Waals surface area contributed by atoms with Gasteiger partial charge in [-0.3, -0.25) is 25.0 Å². The Balaban J connectivity index is 0.000000275. The average Bonchev–Trinajstić information content (AvgIpc) is 3.87. The molecule has 2 saturated heterocycles. The van der Waals surface area contributed by atoms with Gasteiger partial charge in [0.1, 0.15) is 34.2 Å². The summed E-state index contributed by atoms with van der Waals surface area (Å²) in [4.78, 5) is 59.4. The van der Waals surface area contributed by atoms with E-state index in [1.54, 1.807) is 19.1 Å². The Morgan fingerprint density at radius 3 is 2.54 bits per heavy atom. The van der Waals surface area contributed by atoms with Gasteiger partial charge in [0.25, 0.3) is 11.6 Å². The highest BCUT2D eigenvalue weighted by Crippen LogP contribution is 2.39. The Kier molecular flexibility index (Phi) is 13.8. The number of nitrogens with zero attached hydrogens (tertiary/aromatic N) is 3. The number of nitrogens with one attached hydrogen (secondary N) is 1. The molecule has 0 aliphatic carbocycles. The van der Waals surface area contributed by atoms with Gasteiger partial charge in [-0.2, -0.15) is 13.2 Å². The minimum Gasteiger partial charge on any atom is -0.495 e. The Labute approximate surface area is 324 Å². The number of epoxide rings is 1. The van der Waals surface area contributed by atoms with Crippen molar-refractivity contribution in [2.45, 2.75) is 88.6 Å². The lowest BCUT2D eigenvalue weighted by Crippen LogP contribution is -2.56. The van der Waals surface area contributed by atoms with E-state index < -0.39 is 63.8 Å². The summed E-state index contributed by atoms with van der Waals surface area (Å²) in [5, 5.41) is 33.2. The lowest BCUT2D eigenvalue weighted by Gasteiger charge is -2.36. The number of nitro benzene ring substituents is 1. The molecule has 15 nitrogen and oxygen atoms in total. The number of amides is 3. The lowest BCUT2D eigenvalue weighted by atomic mass is 9.96. The second-order valence-corrected chi connectivity index (χ2v) is 14.1. The zero-order chi connectivity index (χ0) is 41.7. The van der Waals surface area contributed by atoms with Crippen LogP contribution in [0.2, 0.25) is 5.02 Å². The minimum absolute atomic E-state index is 0.0777. The minimum atomic E-state index is -5.02. The third-order valence-electron chi connectivity index (χ3n) is 9.49. The molecule has 19 heteroatoms. The Morgan fingerprint density at radius 1 is 1.21 bits per heavy atom. The number of methoxy groups -OCH3 is 1. The molecule has 0 aromatic heterocycles. The molecule has 5 rings (SSSR count). The monoisotopic (exact) mass is 810 g/mol. The maximum Gasteiger partial charge on any atom is 0.423 e. The van der Waals surface area contributed by atoms with Crippen molar-refractivity contribution in [1.29, 1.82) is 0 Å². The Bertz CT molecular complexity index is 1920. The van der Waals surface area contributed by atoms with E-state index in [1.807, 2.05) is 37.3 Å². The molecule has 5 atom stereocenters. The van der Waals surface area contributed by atoms with Gasteiger partial charge in [0.2, 0.25) is 5.91 Å². The number of carbonyl (C=O) groups is 4. The Morgan fingerprint density at radius 2 is 1.91 bits per heavy atom. The fraction of sp³-hybridized carbons (Fsp3) is 0.459. The van der Waals surface area contributed by atoms with Crippen LogP contribution in [0.5, 0.6) is 5.75 Å². The van der Waals surface area contributed by atoms with Crippen molar-refractivity contribution in [2.24, 2.45) is 0 Å². The number of rotatable bonds is 5. The van der Waals surface area contributed by atoms with Gasteiger partial charge >= 0.3 is 18.2 Å². The number of alkyl halides is 3. The van der Waals surface area contributed by atoms with Crippen LogP contribution in [0.15, 0.2) is 54.1 Å². The summed E-state index contributed by atoms with van der Waals surface area (Å²) in [6.07, 6.45) is 1.84. The number of carboxylic acid groups (broad SMARTS) is 1. The van der Waals surface area contributed by atoms with Crippen molar-refractivity contribution in [1.82, 2.24) is 10.2 Å². The van der Waals surface area contributed by atoms with Crippen molar-refractivity contribution in [3.63, 3.8) is 0 Å². The maximum atomic E-state index is 12.9. The van der Waals surface area contributed by atoms with Gasteiger partial charge in [-0.05, 0) is 56.5 Å². The molecular formula is C37H42ClF3N4O11. The third kappa shape index (κ3) is 11.0. The SMILES string of the molecule is COc1cc2cc(c1Cl)N(C)C(=O)CCC1OC1CC1C[C@](O)(C/C=C/C=C(\C)C2)NC(=O)O1.C[C@@H](C(=O)O)N(C)C(=O)c1ccc([N+](=O)[O-])c(C(F)(F)F)c1. The van der Waals surface area contributed by atoms with Crippen LogP contribution in [0.25, 0.3) is 0 Å². The van der Waals surface area contributed by atoms with E-state index in [0.717, 1.165) is 29.2 Å². The molecule has 0 saturated carbocycles. The molecule has 4 bridgehead atoms. The van der Waals surface area contributed by atoms with Crippen LogP contribution in [-0.4, -0.2) is 95.2 Å². The number of ether oxygens (including phenoxy) is 3. The summed E-state index contributed by atoms with van der Waals surface area (Å²) >= 11 is 6.54. The number of aliphatic hydroxyl groups is 1. The summed E-state index contributed by atoms with van der Waals surface area (Å²) in [7, 11) is 4.37. The smallest absolute Gasteiger partial charge is 0.423 e. The number of anilines is 1. The van der Waals surface area contributed by atoms with Gasteiger partial charge in [0, 0.05) is 51.4 Å². The van der Waals surface area contributed by atoms with Gasteiger partial charge in [0.05, 0.1) is 29.9 Å². The highest BCUT2D eigenvalue weighted by molar-refractivity contribution is 6.35. The molecule has 3 N–H and O–H groups in total. The topological polar surface area (TPSA) is 201 Å². The number of halogens is 4. The molecule has 3 aliphatic heterocycles. The number of benzene rings is 2. The molecular weight excluding hydrogens is 769 g/mol. The van der Waals surface area contributed by atoms with E-state index in [0.29, 0.717) is 54.3 Å². The fourth-order valence-electron chi connectivity index (χ4n) is 6.18. The van der Waals surface area contributed by atoms with Gasteiger partial charge in [-0.15, -0.1) is 0 Å². The highest BCUT2D eigenvalue weighted by Gasteiger charge is 2.46. The number of fused-ring (bicyclic) bond motifs is 5. The standard InChI is InChI=1S/C25H31ClN2O6.C12H11F3N2O5/c1-15-6-4-5-9-25(31)14-17(33-24(30)27-25)13-20-19(34-20)7-8-22(29)28(2)18-11-16(10-15)12-21(32-3)23(18)26;1-6(11(19)20)16(2)10(18)7-3-4-9(17(21)22)8(5-7)12(13,14)15/h4-6,11-12,17,19-20,31H,7-10,13-14H2,1-3H3,(H,27,30);3-6H,1-2H3,(H,19,20)/b5-4+,15-6+;/t17?,19?,20?,25-;6-/m10/s1. The van der Waals surface area contributed by atoms with Crippen molar-refractivity contribution >= 4 is 46.9 Å². The van der Waals surface area contributed by atoms with Crippen LogP contribution in [-0.2, 0) is 31.7 Å². The number of likely N-dealkylation sites (N-methyl/N-ethyl adjacent to an activating group) is 1. The molecule has 2 aromatic rings. The van der Waals surface area contributed by atoms with E-state index in [4.69, 9.17) is 30.9 Å². The van der Waals surface area contributed by atoms with Crippen LogP contribution in [0, 0.1) is 10.1 Å².